The largest absolute Gasteiger partial charge is 0.332 e. The second-order valence-corrected chi connectivity index (χ2v) is 5.82. The minimum Gasteiger partial charge on any atom is -0.332 e. The molecule has 2 heterocycles. The van der Waals surface area contributed by atoms with E-state index in [1.54, 1.807) is 4.68 Å². The summed E-state index contributed by atoms with van der Waals surface area (Å²) in [5.74, 6) is -0.0372. The molecule has 1 N–H and O–H groups in total. The maximum Gasteiger partial charge on any atom is 0.276 e. The number of amides is 1. The van der Waals surface area contributed by atoms with Crippen LogP contribution in [-0.2, 0) is 0 Å². The van der Waals surface area contributed by atoms with Crippen LogP contribution in [0.25, 0.3) is 5.69 Å². The molecule has 1 saturated heterocycles. The first kappa shape index (κ1) is 17.4. The van der Waals surface area contributed by atoms with Crippen molar-refractivity contribution in [2.75, 3.05) is 19.6 Å². The van der Waals surface area contributed by atoms with Crippen LogP contribution in [0, 0.1) is 13.8 Å². The van der Waals surface area contributed by atoms with Gasteiger partial charge in [-0.05, 0) is 32.9 Å². The number of carbonyl (C=O) groups is 1. The smallest absolute Gasteiger partial charge is 0.276 e. The molecular weight excluding hydrogens is 314 g/mol. The molecule has 0 bridgehead atoms. The first-order chi connectivity index (χ1) is 10.6. The van der Waals surface area contributed by atoms with E-state index in [9.17, 15) is 4.79 Å². The quantitative estimate of drug-likeness (QED) is 0.908. The molecule has 1 aromatic heterocycles. The summed E-state index contributed by atoms with van der Waals surface area (Å²) in [5.41, 5.74) is 3.32. The molecule has 0 aliphatic carbocycles. The zero-order valence-corrected chi connectivity index (χ0v) is 14.4. The highest BCUT2D eigenvalue weighted by molar-refractivity contribution is 5.93. The van der Waals surface area contributed by atoms with Crippen molar-refractivity contribution in [1.29, 1.82) is 0 Å². The monoisotopic (exact) mass is 335 g/mol. The summed E-state index contributed by atoms with van der Waals surface area (Å²) in [6, 6.07) is 8.19. The molecule has 3 rings (SSSR count). The molecule has 23 heavy (non-hydrogen) atoms. The fourth-order valence-electron chi connectivity index (χ4n) is 2.74. The second kappa shape index (κ2) is 7.10. The summed E-state index contributed by atoms with van der Waals surface area (Å²) in [6.45, 7) is 8.32. The number of aryl methyl sites for hydroxylation is 1. The van der Waals surface area contributed by atoms with Crippen molar-refractivity contribution in [1.82, 2.24) is 25.2 Å². The third-order valence-corrected chi connectivity index (χ3v) is 4.14. The maximum absolute atomic E-state index is 12.7. The van der Waals surface area contributed by atoms with Gasteiger partial charge in [0.05, 0.1) is 11.4 Å². The Labute approximate surface area is 142 Å². The van der Waals surface area contributed by atoms with Gasteiger partial charge < -0.3 is 10.2 Å². The lowest BCUT2D eigenvalue weighted by Crippen LogP contribution is -2.52. The number of hydrogen-bond donors (Lipinski definition) is 1. The molecule has 1 aliphatic rings. The Bertz CT molecular complexity index is 682. The number of rotatable bonds is 2. The molecule has 0 radical (unpaired) electrons. The number of aromatic nitrogens is 3. The van der Waals surface area contributed by atoms with Gasteiger partial charge in [0.15, 0.2) is 5.69 Å². The Morgan fingerprint density at radius 1 is 1.26 bits per heavy atom. The minimum absolute atomic E-state index is 0. The molecule has 1 atom stereocenters. The van der Waals surface area contributed by atoms with Gasteiger partial charge >= 0.3 is 0 Å². The maximum atomic E-state index is 12.7. The van der Waals surface area contributed by atoms with Crippen LogP contribution in [0.15, 0.2) is 24.3 Å². The summed E-state index contributed by atoms with van der Waals surface area (Å²) in [6.07, 6.45) is 0. The Hall–Kier alpha value is -1.92. The number of halogens is 1. The average Bonchev–Trinajstić information content (AvgIpc) is 2.90. The molecule has 1 aliphatic heterocycles. The van der Waals surface area contributed by atoms with E-state index in [-0.39, 0.29) is 24.4 Å². The Morgan fingerprint density at radius 2 is 1.96 bits per heavy atom. The SMILES string of the molecule is Cc1ccc(-n2nnc(C(=O)N3CCNC[C@@H]3C)c2C)cc1.Cl. The fraction of sp³-hybridized carbons (Fsp3) is 0.438. The van der Waals surface area contributed by atoms with Crippen molar-refractivity contribution < 1.29 is 4.79 Å². The van der Waals surface area contributed by atoms with Crippen molar-refractivity contribution in [3.8, 4) is 5.69 Å². The van der Waals surface area contributed by atoms with Crippen LogP contribution in [0.3, 0.4) is 0 Å². The molecule has 0 saturated carbocycles. The van der Waals surface area contributed by atoms with E-state index in [0.29, 0.717) is 12.2 Å². The highest BCUT2D eigenvalue weighted by Gasteiger charge is 2.28. The lowest BCUT2D eigenvalue weighted by atomic mass is 10.2. The van der Waals surface area contributed by atoms with Gasteiger partial charge in [0.25, 0.3) is 5.91 Å². The van der Waals surface area contributed by atoms with Gasteiger partial charge in [0.2, 0.25) is 0 Å². The van der Waals surface area contributed by atoms with Crippen molar-refractivity contribution in [2.24, 2.45) is 0 Å². The van der Waals surface area contributed by atoms with E-state index >= 15 is 0 Å². The van der Waals surface area contributed by atoms with Crippen LogP contribution in [0.1, 0.15) is 28.7 Å². The van der Waals surface area contributed by atoms with E-state index in [0.717, 1.165) is 24.5 Å². The van der Waals surface area contributed by atoms with Gasteiger partial charge in [0, 0.05) is 25.7 Å². The van der Waals surface area contributed by atoms with Crippen LogP contribution >= 0.6 is 12.4 Å². The van der Waals surface area contributed by atoms with E-state index in [1.807, 2.05) is 49.9 Å². The Morgan fingerprint density at radius 3 is 2.61 bits per heavy atom. The molecule has 0 spiro atoms. The number of nitrogens with one attached hydrogen (secondary N) is 1. The van der Waals surface area contributed by atoms with Crippen LogP contribution in [-0.4, -0.2) is 51.5 Å². The standard InChI is InChI=1S/C16H21N5O.ClH/c1-11-4-6-14(7-5-11)21-13(3)15(18-19-21)16(22)20-9-8-17-10-12(20)2;/h4-7,12,17H,8-10H2,1-3H3;1H/t12-;/m0./s1. The molecule has 6 nitrogen and oxygen atoms in total. The number of hydrogen-bond acceptors (Lipinski definition) is 4. The van der Waals surface area contributed by atoms with Gasteiger partial charge in [-0.25, -0.2) is 4.68 Å². The van der Waals surface area contributed by atoms with Gasteiger partial charge in [0.1, 0.15) is 0 Å². The van der Waals surface area contributed by atoms with Crippen molar-refractivity contribution in [2.45, 2.75) is 26.8 Å². The number of piperazine rings is 1. The van der Waals surface area contributed by atoms with Crippen molar-refractivity contribution in [3.05, 3.63) is 41.2 Å². The number of nitrogens with zero attached hydrogens (tertiary/aromatic N) is 4. The average molecular weight is 336 g/mol. The molecule has 7 heteroatoms. The summed E-state index contributed by atoms with van der Waals surface area (Å²) in [4.78, 5) is 14.6. The van der Waals surface area contributed by atoms with Gasteiger partial charge in [-0.15, -0.1) is 17.5 Å². The highest BCUT2D eigenvalue weighted by atomic mass is 35.5. The summed E-state index contributed by atoms with van der Waals surface area (Å²) in [5, 5.41) is 11.6. The summed E-state index contributed by atoms with van der Waals surface area (Å²) < 4.78 is 1.72. The van der Waals surface area contributed by atoms with Crippen LogP contribution in [0.5, 0.6) is 0 Å². The Kier molecular flexibility index (Phi) is 5.38. The molecule has 2 aromatic rings. The first-order valence-electron chi connectivity index (χ1n) is 7.59. The third-order valence-electron chi connectivity index (χ3n) is 4.14. The lowest BCUT2D eigenvalue weighted by Gasteiger charge is -2.33. The third kappa shape index (κ3) is 3.38. The molecule has 1 aromatic carbocycles. The van der Waals surface area contributed by atoms with Gasteiger partial charge in [-0.1, -0.05) is 22.9 Å². The second-order valence-electron chi connectivity index (χ2n) is 5.82. The van der Waals surface area contributed by atoms with E-state index < -0.39 is 0 Å². The fourth-order valence-corrected chi connectivity index (χ4v) is 2.74. The van der Waals surface area contributed by atoms with Gasteiger partial charge in [-0.3, -0.25) is 4.79 Å². The van der Waals surface area contributed by atoms with Gasteiger partial charge in [-0.2, -0.15) is 0 Å². The first-order valence-corrected chi connectivity index (χ1v) is 7.59. The topological polar surface area (TPSA) is 63.1 Å². The predicted molar refractivity (Wildman–Crippen MR) is 91.4 cm³/mol. The zero-order chi connectivity index (χ0) is 15.7. The van der Waals surface area contributed by atoms with Crippen molar-refractivity contribution >= 4 is 18.3 Å². The number of carbonyl (C=O) groups excluding carboxylic acids is 1. The molecule has 1 fully saturated rings. The number of benzene rings is 1. The lowest BCUT2D eigenvalue weighted by molar-refractivity contribution is 0.0649. The summed E-state index contributed by atoms with van der Waals surface area (Å²) in [7, 11) is 0. The van der Waals surface area contributed by atoms with Crippen LogP contribution < -0.4 is 5.32 Å². The normalized spacial score (nSPS) is 17.7. The van der Waals surface area contributed by atoms with Crippen molar-refractivity contribution in [3.63, 3.8) is 0 Å². The highest BCUT2D eigenvalue weighted by Crippen LogP contribution is 2.16. The summed E-state index contributed by atoms with van der Waals surface area (Å²) >= 11 is 0. The Balaban J connectivity index is 0.00000192. The van der Waals surface area contributed by atoms with E-state index in [4.69, 9.17) is 0 Å². The molecule has 124 valence electrons. The zero-order valence-electron chi connectivity index (χ0n) is 13.6. The predicted octanol–water partition coefficient (Wildman–Crippen LogP) is 1.74. The molecule has 1 amide bonds. The molecular formula is C16H22ClN5O. The van der Waals surface area contributed by atoms with Crippen LogP contribution in [0.2, 0.25) is 0 Å². The van der Waals surface area contributed by atoms with E-state index in [2.05, 4.69) is 15.6 Å². The van der Waals surface area contributed by atoms with Crippen LogP contribution in [0.4, 0.5) is 0 Å². The minimum atomic E-state index is -0.0372. The van der Waals surface area contributed by atoms with E-state index in [1.165, 1.54) is 5.56 Å². The molecule has 0 unspecified atom stereocenters.